The Morgan fingerprint density at radius 2 is 2.14 bits per heavy atom. The Balaban J connectivity index is 2.57. The monoisotopic (exact) mass is 315 g/mol. The summed E-state index contributed by atoms with van der Waals surface area (Å²) in [6, 6.07) is 0.617. The molecule has 1 aromatic heterocycles. The standard InChI is InChI=1S/C13H17NO6S/c1-7-10(13(18)19-3)4-9(20-7)5-21-6-11(12(16)17)14-8(2)15/h4,11H,5-6H2,1-3H3,(H,14,15)(H,16,17)/t11-/m0/s1. The lowest BCUT2D eigenvalue weighted by atomic mass is 10.2. The Morgan fingerprint density at radius 3 is 2.67 bits per heavy atom. The maximum absolute atomic E-state index is 11.4. The molecule has 0 aliphatic carbocycles. The molecule has 1 atom stereocenters. The molecule has 0 aliphatic rings. The smallest absolute Gasteiger partial charge is 0.341 e. The minimum absolute atomic E-state index is 0.197. The lowest BCUT2D eigenvalue weighted by Crippen LogP contribution is -2.41. The van der Waals surface area contributed by atoms with Crippen LogP contribution in [0, 0.1) is 6.92 Å². The minimum atomic E-state index is -1.09. The normalized spacial score (nSPS) is 11.8. The molecule has 0 bridgehead atoms. The fourth-order valence-electron chi connectivity index (χ4n) is 1.62. The summed E-state index contributed by atoms with van der Waals surface area (Å²) in [7, 11) is 1.29. The van der Waals surface area contributed by atoms with E-state index in [2.05, 4.69) is 10.1 Å². The molecular formula is C13H17NO6S. The van der Waals surface area contributed by atoms with E-state index in [0.717, 1.165) is 0 Å². The molecule has 0 aliphatic heterocycles. The number of carbonyl (C=O) groups excluding carboxylic acids is 2. The van der Waals surface area contributed by atoms with Gasteiger partial charge in [0, 0.05) is 12.7 Å². The number of carboxylic acids is 1. The van der Waals surface area contributed by atoms with Crippen molar-refractivity contribution in [2.24, 2.45) is 0 Å². The second-order valence-corrected chi connectivity index (χ2v) is 5.31. The van der Waals surface area contributed by atoms with Crippen LogP contribution in [0.3, 0.4) is 0 Å². The van der Waals surface area contributed by atoms with Gasteiger partial charge in [0.05, 0.1) is 12.9 Å². The van der Waals surface area contributed by atoms with E-state index in [4.69, 9.17) is 9.52 Å². The number of carboxylic acid groups (broad SMARTS) is 1. The number of carbonyl (C=O) groups is 3. The topological polar surface area (TPSA) is 106 Å². The van der Waals surface area contributed by atoms with Crippen molar-refractivity contribution in [1.29, 1.82) is 0 Å². The number of aryl methyl sites for hydroxylation is 1. The van der Waals surface area contributed by atoms with Gasteiger partial charge in [-0.15, -0.1) is 0 Å². The zero-order valence-electron chi connectivity index (χ0n) is 12.0. The lowest BCUT2D eigenvalue weighted by molar-refractivity contribution is -0.140. The van der Waals surface area contributed by atoms with Crippen molar-refractivity contribution >= 4 is 29.6 Å². The highest BCUT2D eigenvalue weighted by molar-refractivity contribution is 7.98. The third-order valence-corrected chi connectivity index (χ3v) is 3.64. The van der Waals surface area contributed by atoms with Gasteiger partial charge in [-0.2, -0.15) is 11.8 Å². The average molecular weight is 315 g/mol. The molecule has 1 heterocycles. The van der Waals surface area contributed by atoms with Crippen LogP contribution in [0.4, 0.5) is 0 Å². The van der Waals surface area contributed by atoms with E-state index >= 15 is 0 Å². The molecule has 21 heavy (non-hydrogen) atoms. The van der Waals surface area contributed by atoms with Gasteiger partial charge in [0.1, 0.15) is 23.1 Å². The summed E-state index contributed by atoms with van der Waals surface area (Å²) < 4.78 is 10.0. The van der Waals surface area contributed by atoms with Crippen LogP contribution in [0.2, 0.25) is 0 Å². The first-order valence-electron chi connectivity index (χ1n) is 6.10. The number of nitrogens with one attached hydrogen (secondary N) is 1. The molecule has 7 nitrogen and oxygen atoms in total. The molecule has 1 rings (SSSR count). The van der Waals surface area contributed by atoms with Crippen LogP contribution in [0.15, 0.2) is 10.5 Å². The van der Waals surface area contributed by atoms with Crippen LogP contribution >= 0.6 is 11.8 Å². The molecule has 8 heteroatoms. The van der Waals surface area contributed by atoms with E-state index in [1.54, 1.807) is 13.0 Å². The maximum atomic E-state index is 11.4. The van der Waals surface area contributed by atoms with Gasteiger partial charge >= 0.3 is 11.9 Å². The lowest BCUT2D eigenvalue weighted by Gasteiger charge is -2.11. The van der Waals surface area contributed by atoms with Crippen LogP contribution in [-0.4, -0.2) is 41.9 Å². The van der Waals surface area contributed by atoms with Crippen molar-refractivity contribution in [3.63, 3.8) is 0 Å². The molecule has 0 radical (unpaired) electrons. The Labute approximate surface area is 126 Å². The third-order valence-electron chi connectivity index (χ3n) is 2.58. The van der Waals surface area contributed by atoms with Gasteiger partial charge in [0.25, 0.3) is 0 Å². The quantitative estimate of drug-likeness (QED) is 0.728. The Kier molecular flexibility index (Phi) is 6.29. The highest BCUT2D eigenvalue weighted by Gasteiger charge is 2.19. The van der Waals surface area contributed by atoms with Gasteiger partial charge in [0.15, 0.2) is 0 Å². The molecule has 116 valence electrons. The number of hydrogen-bond acceptors (Lipinski definition) is 6. The largest absolute Gasteiger partial charge is 0.480 e. The first kappa shape index (κ1) is 17.1. The molecule has 0 spiro atoms. The highest BCUT2D eigenvalue weighted by atomic mass is 32.2. The zero-order valence-corrected chi connectivity index (χ0v) is 12.8. The van der Waals surface area contributed by atoms with Crippen molar-refractivity contribution < 1.29 is 28.6 Å². The van der Waals surface area contributed by atoms with E-state index in [-0.39, 0.29) is 5.75 Å². The van der Waals surface area contributed by atoms with Crippen LogP contribution in [0.1, 0.15) is 28.8 Å². The van der Waals surface area contributed by atoms with Crippen molar-refractivity contribution in [3.8, 4) is 0 Å². The Morgan fingerprint density at radius 1 is 1.48 bits per heavy atom. The minimum Gasteiger partial charge on any atom is -0.480 e. The Hall–Kier alpha value is -1.96. The SMILES string of the molecule is COC(=O)c1cc(CSC[C@H](NC(C)=O)C(=O)O)oc1C. The van der Waals surface area contributed by atoms with Crippen LogP contribution < -0.4 is 5.32 Å². The zero-order chi connectivity index (χ0) is 16.0. The van der Waals surface area contributed by atoms with Crippen molar-refractivity contribution in [1.82, 2.24) is 5.32 Å². The molecule has 0 saturated heterocycles. The fraction of sp³-hybridized carbons (Fsp3) is 0.462. The summed E-state index contributed by atoms with van der Waals surface area (Å²) in [5, 5.41) is 11.3. The fourth-order valence-corrected chi connectivity index (χ4v) is 2.55. The van der Waals surface area contributed by atoms with Gasteiger partial charge in [-0.1, -0.05) is 0 Å². The van der Waals surface area contributed by atoms with Crippen LogP contribution in [-0.2, 0) is 20.1 Å². The molecule has 1 amide bonds. The van der Waals surface area contributed by atoms with Crippen molar-refractivity contribution in [2.75, 3.05) is 12.9 Å². The molecule has 0 fully saturated rings. The summed E-state index contributed by atoms with van der Waals surface area (Å²) in [5.41, 5.74) is 0.352. The van der Waals surface area contributed by atoms with Gasteiger partial charge in [-0.25, -0.2) is 9.59 Å². The first-order valence-corrected chi connectivity index (χ1v) is 7.26. The van der Waals surface area contributed by atoms with Crippen LogP contribution in [0.5, 0.6) is 0 Å². The molecule has 0 unspecified atom stereocenters. The number of hydrogen-bond donors (Lipinski definition) is 2. The number of methoxy groups -OCH3 is 1. The van der Waals surface area contributed by atoms with E-state index in [1.165, 1.54) is 25.8 Å². The third kappa shape index (κ3) is 5.14. The van der Waals surface area contributed by atoms with E-state index in [9.17, 15) is 14.4 Å². The second-order valence-electron chi connectivity index (χ2n) is 4.28. The van der Waals surface area contributed by atoms with Crippen molar-refractivity contribution in [3.05, 3.63) is 23.2 Å². The molecule has 0 aromatic carbocycles. The second kappa shape index (κ2) is 7.72. The molecule has 0 saturated carbocycles. The highest BCUT2D eigenvalue weighted by Crippen LogP contribution is 2.20. The predicted molar refractivity (Wildman–Crippen MR) is 76.2 cm³/mol. The summed E-state index contributed by atoms with van der Waals surface area (Å²) in [4.78, 5) is 33.3. The predicted octanol–water partition coefficient (Wildman–Crippen LogP) is 1.20. The number of aliphatic carboxylic acids is 1. The van der Waals surface area contributed by atoms with Crippen LogP contribution in [0.25, 0.3) is 0 Å². The average Bonchev–Trinajstić information content (AvgIpc) is 2.77. The van der Waals surface area contributed by atoms with Gasteiger partial charge in [0.2, 0.25) is 5.91 Å². The molecule has 1 aromatic rings. The summed E-state index contributed by atoms with van der Waals surface area (Å²) in [5.74, 6) is -0.384. The molecule has 2 N–H and O–H groups in total. The van der Waals surface area contributed by atoms with Gasteiger partial charge < -0.3 is 19.6 Å². The summed E-state index contributed by atoms with van der Waals surface area (Å²) in [6.45, 7) is 2.91. The van der Waals surface area contributed by atoms with E-state index < -0.39 is 23.9 Å². The number of furan rings is 1. The van der Waals surface area contributed by atoms with E-state index in [0.29, 0.717) is 22.8 Å². The van der Waals surface area contributed by atoms with E-state index in [1.807, 2.05) is 0 Å². The van der Waals surface area contributed by atoms with Gasteiger partial charge in [-0.3, -0.25) is 4.79 Å². The Bertz CT molecular complexity index is 539. The molecular weight excluding hydrogens is 298 g/mol. The maximum Gasteiger partial charge on any atom is 0.341 e. The summed E-state index contributed by atoms with van der Waals surface area (Å²) >= 11 is 1.28. The number of amides is 1. The van der Waals surface area contributed by atoms with Crippen molar-refractivity contribution in [2.45, 2.75) is 25.6 Å². The van der Waals surface area contributed by atoms with Gasteiger partial charge in [-0.05, 0) is 13.0 Å². The number of esters is 1. The summed E-state index contributed by atoms with van der Waals surface area (Å²) in [6.07, 6.45) is 0. The number of ether oxygens (including phenoxy) is 1. The first-order chi connectivity index (χ1) is 9.85. The number of rotatable bonds is 7. The number of thioether (sulfide) groups is 1.